The van der Waals surface area contributed by atoms with Gasteiger partial charge in [0.2, 0.25) is 5.91 Å². The molecule has 0 saturated carbocycles. The zero-order valence-electron chi connectivity index (χ0n) is 18.3. The Morgan fingerprint density at radius 3 is 2.52 bits per heavy atom. The van der Waals surface area contributed by atoms with E-state index in [0.29, 0.717) is 39.3 Å². The van der Waals surface area contributed by atoms with Gasteiger partial charge in [-0.15, -0.1) is 0 Å². The molecule has 0 bridgehead atoms. The highest BCUT2D eigenvalue weighted by molar-refractivity contribution is 5.90. The van der Waals surface area contributed by atoms with E-state index in [0.717, 1.165) is 49.6 Å². The van der Waals surface area contributed by atoms with Gasteiger partial charge in [0.05, 0.1) is 26.4 Å². The van der Waals surface area contributed by atoms with Crippen molar-refractivity contribution in [1.82, 2.24) is 10.6 Å². The summed E-state index contributed by atoms with van der Waals surface area (Å²) in [5.74, 6) is 0.787. The SMILES string of the molecule is CCCCOCCOCCNC(=NCc1cccc(NC(=O)CCC)c1)NCC. The van der Waals surface area contributed by atoms with Crippen molar-refractivity contribution in [2.75, 3.05) is 44.8 Å². The number of ether oxygens (including phenoxy) is 2. The quantitative estimate of drug-likeness (QED) is 0.236. The maximum atomic E-state index is 11.8. The lowest BCUT2D eigenvalue weighted by atomic mass is 10.2. The van der Waals surface area contributed by atoms with Gasteiger partial charge in [-0.05, 0) is 37.5 Å². The number of unbranched alkanes of at least 4 members (excludes halogenated alkanes) is 1. The van der Waals surface area contributed by atoms with E-state index in [1.54, 1.807) is 0 Å². The van der Waals surface area contributed by atoms with Crippen LogP contribution in [0.25, 0.3) is 0 Å². The highest BCUT2D eigenvalue weighted by Crippen LogP contribution is 2.12. The summed E-state index contributed by atoms with van der Waals surface area (Å²) in [4.78, 5) is 16.4. The number of guanidine groups is 1. The van der Waals surface area contributed by atoms with Crippen molar-refractivity contribution >= 4 is 17.6 Å². The average molecular weight is 407 g/mol. The van der Waals surface area contributed by atoms with Crippen molar-refractivity contribution in [2.24, 2.45) is 4.99 Å². The second-order valence-corrected chi connectivity index (χ2v) is 6.70. The summed E-state index contributed by atoms with van der Waals surface area (Å²) in [5, 5.41) is 9.42. The minimum absolute atomic E-state index is 0.0407. The number of rotatable bonds is 15. The molecule has 7 heteroatoms. The third kappa shape index (κ3) is 12.9. The Labute approximate surface area is 175 Å². The molecule has 1 rings (SSSR count). The van der Waals surface area contributed by atoms with Crippen LogP contribution in [0, 0.1) is 0 Å². The normalized spacial score (nSPS) is 11.3. The second-order valence-electron chi connectivity index (χ2n) is 6.70. The Balaban J connectivity index is 2.36. The highest BCUT2D eigenvalue weighted by atomic mass is 16.5. The lowest BCUT2D eigenvalue weighted by Crippen LogP contribution is -2.39. The minimum atomic E-state index is 0.0407. The first-order chi connectivity index (χ1) is 14.2. The Hall–Kier alpha value is -2.12. The number of hydrogen-bond donors (Lipinski definition) is 3. The molecule has 3 N–H and O–H groups in total. The number of anilines is 1. The van der Waals surface area contributed by atoms with Crippen molar-refractivity contribution in [2.45, 2.75) is 53.0 Å². The van der Waals surface area contributed by atoms with Crippen LogP contribution in [-0.2, 0) is 20.8 Å². The van der Waals surface area contributed by atoms with E-state index in [4.69, 9.17) is 9.47 Å². The smallest absolute Gasteiger partial charge is 0.224 e. The molecule has 0 aliphatic carbocycles. The number of nitrogens with one attached hydrogen (secondary N) is 3. The van der Waals surface area contributed by atoms with E-state index < -0.39 is 0 Å². The molecule has 0 heterocycles. The van der Waals surface area contributed by atoms with Crippen LogP contribution < -0.4 is 16.0 Å². The van der Waals surface area contributed by atoms with Gasteiger partial charge in [-0.2, -0.15) is 0 Å². The maximum absolute atomic E-state index is 11.8. The van der Waals surface area contributed by atoms with Gasteiger partial charge < -0.3 is 25.4 Å². The van der Waals surface area contributed by atoms with Crippen LogP contribution in [0.15, 0.2) is 29.3 Å². The first-order valence-electron chi connectivity index (χ1n) is 10.8. The number of hydrogen-bond acceptors (Lipinski definition) is 4. The lowest BCUT2D eigenvalue weighted by Gasteiger charge is -2.12. The molecule has 0 radical (unpaired) electrons. The molecule has 0 spiro atoms. The number of benzene rings is 1. The Kier molecular flexibility index (Phi) is 14.4. The molecule has 0 aromatic heterocycles. The summed E-state index contributed by atoms with van der Waals surface area (Å²) in [6, 6.07) is 7.79. The van der Waals surface area contributed by atoms with E-state index in [2.05, 4.69) is 27.9 Å². The molecule has 164 valence electrons. The predicted molar refractivity (Wildman–Crippen MR) is 119 cm³/mol. The number of carbonyl (C=O) groups is 1. The maximum Gasteiger partial charge on any atom is 0.224 e. The monoisotopic (exact) mass is 406 g/mol. The third-order valence-corrected chi connectivity index (χ3v) is 4.00. The molecular formula is C22H38N4O3. The summed E-state index contributed by atoms with van der Waals surface area (Å²) in [6.45, 7) is 10.8. The fraction of sp³-hybridized carbons (Fsp3) is 0.636. The van der Waals surface area contributed by atoms with Crippen LogP contribution in [0.4, 0.5) is 5.69 Å². The molecule has 0 aliphatic rings. The van der Waals surface area contributed by atoms with Crippen molar-refractivity contribution in [3.05, 3.63) is 29.8 Å². The van der Waals surface area contributed by atoms with Crippen LogP contribution in [0.3, 0.4) is 0 Å². The minimum Gasteiger partial charge on any atom is -0.379 e. The second kappa shape index (κ2) is 16.8. The number of amides is 1. The van der Waals surface area contributed by atoms with Crippen molar-refractivity contribution < 1.29 is 14.3 Å². The molecule has 0 unspecified atom stereocenters. The van der Waals surface area contributed by atoms with Gasteiger partial charge in [-0.1, -0.05) is 32.4 Å². The van der Waals surface area contributed by atoms with Gasteiger partial charge in [0, 0.05) is 31.8 Å². The number of nitrogens with zero attached hydrogens (tertiary/aromatic N) is 1. The van der Waals surface area contributed by atoms with Gasteiger partial charge in [0.1, 0.15) is 0 Å². The van der Waals surface area contributed by atoms with E-state index in [-0.39, 0.29) is 5.91 Å². The molecule has 7 nitrogen and oxygen atoms in total. The van der Waals surface area contributed by atoms with Gasteiger partial charge >= 0.3 is 0 Å². The number of carbonyl (C=O) groups excluding carboxylic acids is 1. The number of aliphatic imine (C=N–C) groups is 1. The fourth-order valence-electron chi connectivity index (χ4n) is 2.52. The van der Waals surface area contributed by atoms with Crippen LogP contribution >= 0.6 is 0 Å². The zero-order chi connectivity index (χ0) is 21.2. The first-order valence-corrected chi connectivity index (χ1v) is 10.8. The summed E-state index contributed by atoms with van der Waals surface area (Å²) in [5.41, 5.74) is 1.85. The van der Waals surface area contributed by atoms with Crippen molar-refractivity contribution in [1.29, 1.82) is 0 Å². The van der Waals surface area contributed by atoms with Crippen molar-refractivity contribution in [3.8, 4) is 0 Å². The van der Waals surface area contributed by atoms with Crippen LogP contribution in [-0.4, -0.2) is 51.4 Å². The van der Waals surface area contributed by atoms with Crippen LogP contribution in [0.2, 0.25) is 0 Å². The van der Waals surface area contributed by atoms with E-state index in [1.165, 1.54) is 0 Å². The molecule has 0 saturated heterocycles. The summed E-state index contributed by atoms with van der Waals surface area (Å²) in [7, 11) is 0. The highest BCUT2D eigenvalue weighted by Gasteiger charge is 2.02. The van der Waals surface area contributed by atoms with Gasteiger partial charge in [-0.25, -0.2) is 4.99 Å². The molecule has 1 amide bonds. The van der Waals surface area contributed by atoms with Crippen LogP contribution in [0.1, 0.15) is 52.0 Å². The molecule has 29 heavy (non-hydrogen) atoms. The lowest BCUT2D eigenvalue weighted by molar-refractivity contribution is -0.116. The molecule has 1 aromatic rings. The summed E-state index contributed by atoms with van der Waals surface area (Å²) >= 11 is 0. The predicted octanol–water partition coefficient (Wildman–Crippen LogP) is 3.31. The van der Waals surface area contributed by atoms with E-state index in [9.17, 15) is 4.79 Å². The molecule has 0 aliphatic heterocycles. The summed E-state index contributed by atoms with van der Waals surface area (Å²) in [6.07, 6.45) is 3.61. The van der Waals surface area contributed by atoms with E-state index >= 15 is 0 Å². The van der Waals surface area contributed by atoms with Gasteiger partial charge in [0.25, 0.3) is 0 Å². The first kappa shape index (κ1) is 24.9. The zero-order valence-corrected chi connectivity index (χ0v) is 18.3. The van der Waals surface area contributed by atoms with Crippen molar-refractivity contribution in [3.63, 3.8) is 0 Å². The molecule has 1 aromatic carbocycles. The topological polar surface area (TPSA) is 84.0 Å². The van der Waals surface area contributed by atoms with E-state index in [1.807, 2.05) is 38.1 Å². The molecular weight excluding hydrogens is 368 g/mol. The Morgan fingerprint density at radius 1 is 1.00 bits per heavy atom. The average Bonchev–Trinajstić information content (AvgIpc) is 2.71. The van der Waals surface area contributed by atoms with Gasteiger partial charge in [-0.3, -0.25) is 4.79 Å². The third-order valence-electron chi connectivity index (χ3n) is 4.00. The largest absolute Gasteiger partial charge is 0.379 e. The Morgan fingerprint density at radius 2 is 1.79 bits per heavy atom. The fourth-order valence-corrected chi connectivity index (χ4v) is 2.52. The van der Waals surface area contributed by atoms with Crippen LogP contribution in [0.5, 0.6) is 0 Å². The molecule has 0 fully saturated rings. The van der Waals surface area contributed by atoms with Gasteiger partial charge in [0.15, 0.2) is 5.96 Å². The Bertz CT molecular complexity index is 593. The summed E-state index contributed by atoms with van der Waals surface area (Å²) < 4.78 is 11.0. The standard InChI is InChI=1S/C22H38N4O3/c1-4-7-13-28-15-16-29-14-12-24-22(23-6-3)25-18-19-10-8-11-20(17-19)26-21(27)9-5-2/h8,10-11,17H,4-7,9,12-16,18H2,1-3H3,(H,26,27)(H2,23,24,25). The molecule has 0 atom stereocenters.